The summed E-state index contributed by atoms with van der Waals surface area (Å²) in [4.78, 5) is 0. The van der Waals surface area contributed by atoms with Crippen LogP contribution in [0, 0.1) is 0 Å². The Morgan fingerprint density at radius 2 is 2.00 bits per heavy atom. The van der Waals surface area contributed by atoms with Gasteiger partial charge in [0.2, 0.25) is 0 Å². The maximum absolute atomic E-state index is 9.21. The van der Waals surface area contributed by atoms with Crippen LogP contribution in [0.1, 0.15) is 27.2 Å². The molecule has 0 heterocycles. The predicted octanol–water partition coefficient (Wildman–Crippen LogP) is 0.714. The highest BCUT2D eigenvalue weighted by Gasteiger charge is 2.13. The highest BCUT2D eigenvalue weighted by Crippen LogP contribution is 2.00. The number of aliphatic hydroxyl groups is 1. The zero-order chi connectivity index (χ0) is 6.62. The molecular formula is C6H15NO. The summed E-state index contributed by atoms with van der Waals surface area (Å²) in [7, 11) is 0. The van der Waals surface area contributed by atoms with Gasteiger partial charge in [0.25, 0.3) is 0 Å². The third-order valence-electron chi connectivity index (χ3n) is 1.25. The van der Waals surface area contributed by atoms with Crippen molar-refractivity contribution < 1.29 is 5.11 Å². The number of nitrogens with one attached hydrogen (secondary N) is 1. The number of rotatable bonds is 3. The molecule has 0 aliphatic rings. The van der Waals surface area contributed by atoms with Crippen molar-refractivity contribution in [2.75, 3.05) is 6.54 Å². The third-order valence-corrected chi connectivity index (χ3v) is 1.25. The molecule has 1 unspecified atom stereocenters. The zero-order valence-corrected chi connectivity index (χ0v) is 5.86. The second-order valence-corrected chi connectivity index (χ2v) is 2.16. The quantitative estimate of drug-likeness (QED) is 0.534. The average molecular weight is 117 g/mol. The van der Waals surface area contributed by atoms with Gasteiger partial charge in [-0.15, -0.1) is 0 Å². The van der Waals surface area contributed by atoms with Gasteiger partial charge in [-0.1, -0.05) is 13.8 Å². The first kappa shape index (κ1) is 7.92. The van der Waals surface area contributed by atoms with Crippen LogP contribution in [0.25, 0.3) is 0 Å². The van der Waals surface area contributed by atoms with Crippen molar-refractivity contribution in [3.8, 4) is 0 Å². The molecule has 2 N–H and O–H groups in total. The van der Waals surface area contributed by atoms with E-state index in [1.807, 2.05) is 13.8 Å². The lowest BCUT2D eigenvalue weighted by Crippen LogP contribution is -2.41. The van der Waals surface area contributed by atoms with Crippen molar-refractivity contribution in [1.82, 2.24) is 5.32 Å². The van der Waals surface area contributed by atoms with Crippen LogP contribution in [0.4, 0.5) is 0 Å². The smallest absolute Gasteiger partial charge is 0.112 e. The lowest BCUT2D eigenvalue weighted by atomic mass is 10.2. The molecule has 0 aliphatic carbocycles. The van der Waals surface area contributed by atoms with E-state index < -0.39 is 5.72 Å². The van der Waals surface area contributed by atoms with E-state index >= 15 is 0 Å². The van der Waals surface area contributed by atoms with Crippen molar-refractivity contribution in [2.24, 2.45) is 0 Å². The fourth-order valence-corrected chi connectivity index (χ4v) is 0.506. The van der Waals surface area contributed by atoms with Gasteiger partial charge >= 0.3 is 0 Å². The normalized spacial score (nSPS) is 18.0. The lowest BCUT2D eigenvalue weighted by molar-refractivity contribution is 0.0223. The predicted molar refractivity (Wildman–Crippen MR) is 34.6 cm³/mol. The highest BCUT2D eigenvalue weighted by molar-refractivity contribution is 4.64. The average Bonchev–Trinajstić information content (AvgIpc) is 1.67. The van der Waals surface area contributed by atoms with Gasteiger partial charge in [-0.25, -0.2) is 0 Å². The van der Waals surface area contributed by atoms with Gasteiger partial charge in [0.15, 0.2) is 0 Å². The van der Waals surface area contributed by atoms with Crippen molar-refractivity contribution in [3.63, 3.8) is 0 Å². The Labute approximate surface area is 50.9 Å². The molecule has 0 amide bonds. The number of hydrogen-bond acceptors (Lipinski definition) is 2. The van der Waals surface area contributed by atoms with E-state index in [4.69, 9.17) is 0 Å². The minimum absolute atomic E-state index is 0.658. The van der Waals surface area contributed by atoms with Crippen molar-refractivity contribution >= 4 is 0 Å². The van der Waals surface area contributed by atoms with Gasteiger partial charge in [0, 0.05) is 0 Å². The lowest BCUT2D eigenvalue weighted by Gasteiger charge is -2.21. The van der Waals surface area contributed by atoms with Crippen LogP contribution in [0.3, 0.4) is 0 Å². The molecule has 0 spiro atoms. The van der Waals surface area contributed by atoms with E-state index in [0.29, 0.717) is 0 Å². The Morgan fingerprint density at radius 3 is 2.12 bits per heavy atom. The maximum atomic E-state index is 9.21. The van der Waals surface area contributed by atoms with Crippen LogP contribution in [-0.2, 0) is 0 Å². The molecule has 0 aromatic rings. The largest absolute Gasteiger partial charge is 0.376 e. The molecule has 0 saturated heterocycles. The monoisotopic (exact) mass is 117 g/mol. The summed E-state index contributed by atoms with van der Waals surface area (Å²) in [5.74, 6) is 0. The fourth-order valence-electron chi connectivity index (χ4n) is 0.506. The summed E-state index contributed by atoms with van der Waals surface area (Å²) >= 11 is 0. The van der Waals surface area contributed by atoms with Crippen LogP contribution >= 0.6 is 0 Å². The topological polar surface area (TPSA) is 32.3 Å². The molecule has 1 atom stereocenters. The summed E-state index contributed by atoms with van der Waals surface area (Å²) < 4.78 is 0. The number of hydrogen-bond donors (Lipinski definition) is 2. The molecule has 50 valence electrons. The molecule has 0 bridgehead atoms. The molecule has 0 aliphatic heterocycles. The fraction of sp³-hybridized carbons (Fsp3) is 1.00. The van der Waals surface area contributed by atoms with Crippen LogP contribution in [0.15, 0.2) is 0 Å². The molecule has 0 fully saturated rings. The Kier molecular flexibility index (Phi) is 3.02. The van der Waals surface area contributed by atoms with Crippen LogP contribution in [0.5, 0.6) is 0 Å². The third kappa shape index (κ3) is 2.99. The van der Waals surface area contributed by atoms with E-state index in [1.165, 1.54) is 0 Å². The Hall–Kier alpha value is -0.0800. The standard InChI is InChI=1S/C6H15NO/c1-4-6(3,8)7-5-2/h7-8H,4-5H2,1-3H3. The Morgan fingerprint density at radius 1 is 1.50 bits per heavy atom. The Bertz CT molecular complexity index is 61.5. The summed E-state index contributed by atoms with van der Waals surface area (Å²) in [6.07, 6.45) is 0.751. The molecule has 8 heavy (non-hydrogen) atoms. The van der Waals surface area contributed by atoms with Crippen LogP contribution in [0.2, 0.25) is 0 Å². The molecule has 2 nitrogen and oxygen atoms in total. The molecule has 0 aromatic heterocycles. The van der Waals surface area contributed by atoms with Crippen LogP contribution in [-0.4, -0.2) is 17.4 Å². The van der Waals surface area contributed by atoms with E-state index in [-0.39, 0.29) is 0 Å². The van der Waals surface area contributed by atoms with E-state index in [9.17, 15) is 5.11 Å². The molecule has 0 aromatic carbocycles. The van der Waals surface area contributed by atoms with Crippen molar-refractivity contribution in [1.29, 1.82) is 0 Å². The molecule has 0 saturated carbocycles. The summed E-state index contributed by atoms with van der Waals surface area (Å²) in [6, 6.07) is 0. The summed E-state index contributed by atoms with van der Waals surface area (Å²) in [6.45, 7) is 6.52. The molecule has 0 rings (SSSR count). The first-order valence-corrected chi connectivity index (χ1v) is 3.09. The van der Waals surface area contributed by atoms with Crippen LogP contribution < -0.4 is 5.32 Å². The van der Waals surface area contributed by atoms with Gasteiger partial charge in [-0.2, -0.15) is 0 Å². The second kappa shape index (κ2) is 3.05. The first-order valence-electron chi connectivity index (χ1n) is 3.09. The van der Waals surface area contributed by atoms with E-state index in [1.54, 1.807) is 6.92 Å². The van der Waals surface area contributed by atoms with Crippen molar-refractivity contribution in [2.45, 2.75) is 32.9 Å². The first-order chi connectivity index (χ1) is 3.62. The van der Waals surface area contributed by atoms with E-state index in [2.05, 4.69) is 5.32 Å². The van der Waals surface area contributed by atoms with E-state index in [0.717, 1.165) is 13.0 Å². The van der Waals surface area contributed by atoms with Crippen molar-refractivity contribution in [3.05, 3.63) is 0 Å². The van der Waals surface area contributed by atoms with Gasteiger partial charge in [0.1, 0.15) is 5.72 Å². The minimum atomic E-state index is -0.658. The molecule has 2 heteroatoms. The SMILES string of the molecule is CCNC(C)(O)CC. The van der Waals surface area contributed by atoms with Gasteiger partial charge in [-0.05, 0) is 19.9 Å². The van der Waals surface area contributed by atoms with Gasteiger partial charge in [-0.3, -0.25) is 5.32 Å². The van der Waals surface area contributed by atoms with Gasteiger partial charge in [0.05, 0.1) is 0 Å². The van der Waals surface area contributed by atoms with Gasteiger partial charge < -0.3 is 5.11 Å². The Balaban J connectivity index is 3.37. The summed E-state index contributed by atoms with van der Waals surface area (Å²) in [5, 5.41) is 12.1. The second-order valence-electron chi connectivity index (χ2n) is 2.16. The molecule has 0 radical (unpaired) electrons. The highest BCUT2D eigenvalue weighted by atomic mass is 16.3. The summed E-state index contributed by atoms with van der Waals surface area (Å²) in [5.41, 5.74) is -0.658. The maximum Gasteiger partial charge on any atom is 0.112 e. The molecular weight excluding hydrogens is 102 g/mol. The minimum Gasteiger partial charge on any atom is -0.376 e. The zero-order valence-electron chi connectivity index (χ0n) is 5.86.